The molecule has 1 aliphatic heterocycles. The van der Waals surface area contributed by atoms with Gasteiger partial charge >= 0.3 is 0 Å². The fraction of sp³-hybridized carbons (Fsp3) is 0.611. The molecule has 1 aromatic carbocycles. The molecule has 1 aromatic rings. The van der Waals surface area contributed by atoms with Gasteiger partial charge in [0.15, 0.2) is 5.96 Å². The minimum Gasteiger partial charge on any atom is -0.506 e. The first kappa shape index (κ1) is 16.0. The molecule has 5 heteroatoms. The van der Waals surface area contributed by atoms with E-state index in [-0.39, 0.29) is 0 Å². The van der Waals surface area contributed by atoms with Crippen LogP contribution in [0.2, 0.25) is 0 Å². The monoisotopic (exact) mass is 316 g/mol. The third-order valence-corrected chi connectivity index (χ3v) is 4.91. The maximum atomic E-state index is 10.00. The fourth-order valence-corrected chi connectivity index (χ4v) is 3.47. The van der Waals surface area contributed by atoms with Gasteiger partial charge in [-0.3, -0.25) is 4.99 Å². The van der Waals surface area contributed by atoms with Gasteiger partial charge < -0.3 is 20.2 Å². The summed E-state index contributed by atoms with van der Waals surface area (Å²) < 4.78 is 0. The van der Waals surface area contributed by atoms with E-state index in [1.54, 1.807) is 6.07 Å². The van der Waals surface area contributed by atoms with Gasteiger partial charge in [-0.1, -0.05) is 25.5 Å². The first-order valence-electron chi connectivity index (χ1n) is 8.74. The van der Waals surface area contributed by atoms with E-state index in [1.165, 1.54) is 19.3 Å². The molecule has 0 spiro atoms. The van der Waals surface area contributed by atoms with Crippen LogP contribution in [0.4, 0.5) is 5.69 Å². The van der Waals surface area contributed by atoms with Gasteiger partial charge in [-0.05, 0) is 30.9 Å². The summed E-state index contributed by atoms with van der Waals surface area (Å²) in [6.45, 7) is 5.92. The molecule has 2 unspecified atom stereocenters. The molecule has 2 fully saturated rings. The molecule has 0 radical (unpaired) electrons. The second-order valence-electron chi connectivity index (χ2n) is 6.55. The standard InChI is InChI=1S/C18H28N4O/c1-3-6-14-13-15(14)20-18(19-2)22-11-9-21(10-12-22)16-7-4-5-8-17(16)23/h4-5,7-8,14-15,23H,3,6,9-13H2,1-2H3,(H,19,20). The van der Waals surface area contributed by atoms with Crippen molar-refractivity contribution in [1.82, 2.24) is 10.2 Å². The quantitative estimate of drug-likeness (QED) is 0.661. The summed E-state index contributed by atoms with van der Waals surface area (Å²) in [5.74, 6) is 2.23. The Balaban J connectivity index is 1.53. The lowest BCUT2D eigenvalue weighted by Crippen LogP contribution is -2.53. The normalized spacial score (nSPS) is 24.7. The Morgan fingerprint density at radius 2 is 2.00 bits per heavy atom. The number of aliphatic imine (C=N–C) groups is 1. The molecular formula is C18H28N4O. The lowest BCUT2D eigenvalue weighted by atomic mass is 10.2. The summed E-state index contributed by atoms with van der Waals surface area (Å²) in [4.78, 5) is 9.04. The zero-order valence-electron chi connectivity index (χ0n) is 14.2. The minimum atomic E-state index is 0.365. The Morgan fingerprint density at radius 3 is 2.65 bits per heavy atom. The number of rotatable bonds is 4. The summed E-state index contributed by atoms with van der Waals surface area (Å²) in [5, 5.41) is 13.6. The van der Waals surface area contributed by atoms with Gasteiger partial charge in [0.05, 0.1) is 5.69 Å². The Morgan fingerprint density at radius 1 is 1.26 bits per heavy atom. The molecule has 2 N–H and O–H groups in total. The van der Waals surface area contributed by atoms with Crippen LogP contribution < -0.4 is 10.2 Å². The zero-order valence-corrected chi connectivity index (χ0v) is 14.2. The van der Waals surface area contributed by atoms with E-state index in [1.807, 2.05) is 25.2 Å². The van der Waals surface area contributed by atoms with Crippen LogP contribution in [0.1, 0.15) is 26.2 Å². The predicted octanol–water partition coefficient (Wildman–Crippen LogP) is 2.28. The van der Waals surface area contributed by atoms with E-state index >= 15 is 0 Å². The molecule has 1 aliphatic carbocycles. The minimum absolute atomic E-state index is 0.365. The van der Waals surface area contributed by atoms with Crippen molar-refractivity contribution in [2.45, 2.75) is 32.2 Å². The third kappa shape index (κ3) is 3.71. The SMILES string of the molecule is CCCC1CC1NC(=NC)N1CCN(c2ccccc2O)CC1. The zero-order chi connectivity index (χ0) is 16.2. The van der Waals surface area contributed by atoms with Crippen LogP contribution in [0.3, 0.4) is 0 Å². The predicted molar refractivity (Wildman–Crippen MR) is 95.2 cm³/mol. The van der Waals surface area contributed by atoms with Gasteiger partial charge in [-0.2, -0.15) is 0 Å². The summed E-state index contributed by atoms with van der Waals surface area (Å²) >= 11 is 0. The van der Waals surface area contributed by atoms with E-state index in [0.717, 1.165) is 43.7 Å². The van der Waals surface area contributed by atoms with Crippen molar-refractivity contribution in [3.05, 3.63) is 24.3 Å². The topological polar surface area (TPSA) is 51.1 Å². The summed E-state index contributed by atoms with van der Waals surface area (Å²) in [5.41, 5.74) is 0.931. The molecule has 126 valence electrons. The molecule has 23 heavy (non-hydrogen) atoms. The first-order valence-corrected chi connectivity index (χ1v) is 8.74. The third-order valence-electron chi connectivity index (χ3n) is 4.91. The van der Waals surface area contributed by atoms with Crippen LogP contribution >= 0.6 is 0 Å². The van der Waals surface area contributed by atoms with Crippen molar-refractivity contribution in [3.8, 4) is 5.75 Å². The number of hydrogen-bond donors (Lipinski definition) is 2. The molecule has 1 saturated carbocycles. The molecule has 0 aromatic heterocycles. The van der Waals surface area contributed by atoms with E-state index in [9.17, 15) is 5.11 Å². The van der Waals surface area contributed by atoms with Crippen LogP contribution in [0.15, 0.2) is 29.3 Å². The number of benzene rings is 1. The molecule has 3 rings (SSSR count). The number of para-hydroxylation sites is 2. The Bertz CT molecular complexity index is 552. The molecule has 1 heterocycles. The Kier molecular flexibility index (Phi) is 4.94. The summed E-state index contributed by atoms with van der Waals surface area (Å²) in [6, 6.07) is 8.19. The van der Waals surface area contributed by atoms with Gasteiger partial charge in [0.2, 0.25) is 0 Å². The van der Waals surface area contributed by atoms with Crippen LogP contribution in [0.5, 0.6) is 5.75 Å². The molecule has 0 amide bonds. The highest BCUT2D eigenvalue weighted by molar-refractivity contribution is 5.81. The fourth-order valence-electron chi connectivity index (χ4n) is 3.47. The first-order chi connectivity index (χ1) is 11.2. The number of phenols is 1. The van der Waals surface area contributed by atoms with Gasteiger partial charge in [0.1, 0.15) is 5.75 Å². The molecule has 0 bridgehead atoms. The summed E-state index contributed by atoms with van der Waals surface area (Å²) in [7, 11) is 1.87. The van der Waals surface area contributed by atoms with Crippen molar-refractivity contribution in [3.63, 3.8) is 0 Å². The largest absolute Gasteiger partial charge is 0.506 e. The number of piperazine rings is 1. The lowest BCUT2D eigenvalue weighted by Gasteiger charge is -2.38. The molecule has 5 nitrogen and oxygen atoms in total. The number of hydrogen-bond acceptors (Lipinski definition) is 3. The molecule has 1 saturated heterocycles. The molecule has 2 aliphatic rings. The number of anilines is 1. The van der Waals surface area contributed by atoms with Gasteiger partial charge in [0.25, 0.3) is 0 Å². The molecular weight excluding hydrogens is 288 g/mol. The maximum Gasteiger partial charge on any atom is 0.193 e. The highest BCUT2D eigenvalue weighted by Gasteiger charge is 2.37. The van der Waals surface area contributed by atoms with Crippen LogP contribution in [0, 0.1) is 5.92 Å². The highest BCUT2D eigenvalue weighted by Crippen LogP contribution is 2.34. The molecule has 2 atom stereocenters. The average molecular weight is 316 g/mol. The van der Waals surface area contributed by atoms with E-state index in [4.69, 9.17) is 0 Å². The van der Waals surface area contributed by atoms with Crippen molar-refractivity contribution >= 4 is 11.6 Å². The van der Waals surface area contributed by atoms with Crippen LogP contribution in [0.25, 0.3) is 0 Å². The van der Waals surface area contributed by atoms with Crippen LogP contribution in [-0.2, 0) is 0 Å². The van der Waals surface area contributed by atoms with Gasteiger partial charge in [-0.15, -0.1) is 0 Å². The highest BCUT2D eigenvalue weighted by atomic mass is 16.3. The Labute approximate surface area is 139 Å². The van der Waals surface area contributed by atoms with Crippen LogP contribution in [-0.4, -0.2) is 55.2 Å². The second kappa shape index (κ2) is 7.11. The van der Waals surface area contributed by atoms with Crippen molar-refractivity contribution in [2.24, 2.45) is 10.9 Å². The number of nitrogens with one attached hydrogen (secondary N) is 1. The van der Waals surface area contributed by atoms with Crippen molar-refractivity contribution < 1.29 is 5.11 Å². The van der Waals surface area contributed by atoms with Crippen molar-refractivity contribution in [1.29, 1.82) is 0 Å². The summed E-state index contributed by atoms with van der Waals surface area (Å²) in [6.07, 6.45) is 3.86. The second-order valence-corrected chi connectivity index (χ2v) is 6.55. The Hall–Kier alpha value is -1.91. The van der Waals surface area contributed by atoms with E-state index < -0.39 is 0 Å². The number of aromatic hydroxyl groups is 1. The van der Waals surface area contributed by atoms with Crippen molar-refractivity contribution in [2.75, 3.05) is 38.1 Å². The number of nitrogens with zero attached hydrogens (tertiary/aromatic N) is 3. The van der Waals surface area contributed by atoms with Gasteiger partial charge in [-0.25, -0.2) is 0 Å². The maximum absolute atomic E-state index is 10.00. The lowest BCUT2D eigenvalue weighted by molar-refractivity contribution is 0.368. The van der Waals surface area contributed by atoms with Gasteiger partial charge in [0, 0.05) is 39.3 Å². The average Bonchev–Trinajstić information content (AvgIpc) is 3.31. The van der Waals surface area contributed by atoms with E-state index in [2.05, 4.69) is 27.0 Å². The smallest absolute Gasteiger partial charge is 0.193 e. The number of phenolic OH excluding ortho intramolecular Hbond substituents is 1. The van der Waals surface area contributed by atoms with E-state index in [0.29, 0.717) is 11.8 Å². The number of guanidine groups is 1.